The Morgan fingerprint density at radius 3 is 2.68 bits per heavy atom. The Hall–Kier alpha value is -1.57. The molecule has 1 aromatic carbocycles. The van der Waals surface area contributed by atoms with Gasteiger partial charge in [0.2, 0.25) is 0 Å². The van der Waals surface area contributed by atoms with Crippen molar-refractivity contribution in [2.45, 2.75) is 19.4 Å². The van der Waals surface area contributed by atoms with Crippen molar-refractivity contribution in [2.24, 2.45) is 0 Å². The summed E-state index contributed by atoms with van der Waals surface area (Å²) >= 11 is 7.88. The maximum Gasteiger partial charge on any atom is 0.266 e. The lowest BCUT2D eigenvalue weighted by molar-refractivity contribution is -0.310. The van der Waals surface area contributed by atoms with Crippen LogP contribution in [0.1, 0.15) is 18.9 Å². The molecule has 1 aliphatic rings. The summed E-state index contributed by atoms with van der Waals surface area (Å²) in [6.45, 7) is 1.89. The van der Waals surface area contributed by atoms with Gasteiger partial charge >= 0.3 is 0 Å². The Labute approximate surface area is 161 Å². The lowest BCUT2D eigenvalue weighted by Crippen LogP contribution is -2.50. The van der Waals surface area contributed by atoms with Crippen molar-refractivity contribution in [1.82, 2.24) is 4.90 Å². The summed E-state index contributed by atoms with van der Waals surface area (Å²) in [6.07, 6.45) is 5.89. The monoisotopic (exact) mass is 392 g/mol. The number of carboxylic acid groups (broad SMARTS) is 1. The molecular weight excluding hydrogens is 374 g/mol. The average molecular weight is 393 g/mol. The number of carbonyl (C=O) groups is 2. The first-order valence-corrected chi connectivity index (χ1v) is 10.3. The molecule has 0 saturated carbocycles. The van der Waals surface area contributed by atoms with Gasteiger partial charge in [-0.25, -0.2) is 0 Å². The minimum absolute atomic E-state index is 0.263. The number of aliphatic carboxylic acids is 1. The van der Waals surface area contributed by atoms with Crippen molar-refractivity contribution in [1.29, 1.82) is 0 Å². The summed E-state index contributed by atoms with van der Waals surface area (Å²) in [5, 5.41) is 11.4. The van der Waals surface area contributed by atoms with E-state index in [1.165, 1.54) is 16.7 Å². The first kappa shape index (κ1) is 19.8. The Balaban J connectivity index is 2.22. The van der Waals surface area contributed by atoms with Crippen LogP contribution in [0.25, 0.3) is 6.08 Å². The maximum absolute atomic E-state index is 12.6. The molecule has 1 heterocycles. The zero-order valence-corrected chi connectivity index (χ0v) is 16.4. The van der Waals surface area contributed by atoms with Gasteiger partial charge in [0.25, 0.3) is 5.91 Å². The van der Waals surface area contributed by atoms with Crippen LogP contribution in [0, 0.1) is 0 Å². The molecule has 0 unspecified atom stereocenters. The van der Waals surface area contributed by atoms with E-state index >= 15 is 0 Å². The van der Waals surface area contributed by atoms with Gasteiger partial charge < -0.3 is 9.90 Å². The summed E-state index contributed by atoms with van der Waals surface area (Å²) in [5.74, 6) is -1.03. The molecule has 1 amide bonds. The highest BCUT2D eigenvalue weighted by molar-refractivity contribution is 8.26. The van der Waals surface area contributed by atoms with E-state index in [9.17, 15) is 14.7 Å². The Kier molecular flexibility index (Phi) is 7.28. The van der Waals surface area contributed by atoms with Crippen LogP contribution in [0.2, 0.25) is 0 Å². The fraction of sp³-hybridized carbons (Fsp3) is 0.278. The van der Waals surface area contributed by atoms with Crippen LogP contribution >= 0.6 is 35.7 Å². The van der Waals surface area contributed by atoms with E-state index < -0.39 is 12.0 Å². The summed E-state index contributed by atoms with van der Waals surface area (Å²) in [6, 6.07) is 8.73. The molecular formula is C18H18NO3S3-. The van der Waals surface area contributed by atoms with Crippen LogP contribution in [0.15, 0.2) is 46.9 Å². The summed E-state index contributed by atoms with van der Waals surface area (Å²) in [5.41, 5.74) is 1.92. The van der Waals surface area contributed by atoms with Crippen molar-refractivity contribution < 1.29 is 14.7 Å². The van der Waals surface area contributed by atoms with E-state index in [-0.39, 0.29) is 10.2 Å². The summed E-state index contributed by atoms with van der Waals surface area (Å²) in [4.78, 5) is 25.7. The van der Waals surface area contributed by atoms with E-state index in [1.807, 2.05) is 49.6 Å². The van der Waals surface area contributed by atoms with Crippen LogP contribution in [0.5, 0.6) is 0 Å². The molecule has 0 radical (unpaired) electrons. The van der Waals surface area contributed by atoms with Gasteiger partial charge in [-0.2, -0.15) is 11.8 Å². The zero-order chi connectivity index (χ0) is 18.4. The van der Waals surface area contributed by atoms with Crippen LogP contribution in [-0.2, 0) is 9.59 Å². The van der Waals surface area contributed by atoms with Crippen molar-refractivity contribution >= 4 is 58.0 Å². The second-order valence-corrected chi connectivity index (χ2v) is 8.13. The molecule has 2 rings (SSSR count). The quantitative estimate of drug-likeness (QED) is 0.525. The van der Waals surface area contributed by atoms with Crippen molar-refractivity contribution in [3.63, 3.8) is 0 Å². The molecule has 0 aromatic heterocycles. The molecule has 1 aromatic rings. The molecule has 1 fully saturated rings. The third kappa shape index (κ3) is 5.20. The normalized spacial score (nSPS) is 18.1. The second-order valence-electron chi connectivity index (χ2n) is 5.47. The molecule has 1 atom stereocenters. The second kappa shape index (κ2) is 9.22. The Morgan fingerprint density at radius 2 is 2.08 bits per heavy atom. The van der Waals surface area contributed by atoms with Crippen molar-refractivity contribution in [3.05, 3.63) is 52.4 Å². The number of hydrogen-bond donors (Lipinski definition) is 0. The highest BCUT2D eigenvalue weighted by Gasteiger charge is 2.37. The van der Waals surface area contributed by atoms with Crippen molar-refractivity contribution in [3.8, 4) is 0 Å². The third-order valence-corrected chi connectivity index (χ3v) is 5.53. The number of rotatable bonds is 7. The van der Waals surface area contributed by atoms with E-state index in [1.54, 1.807) is 6.08 Å². The fourth-order valence-corrected chi connectivity index (χ4v) is 4.26. The van der Waals surface area contributed by atoms with E-state index in [0.29, 0.717) is 17.1 Å². The molecule has 4 nitrogen and oxygen atoms in total. The predicted octanol–water partition coefficient (Wildman–Crippen LogP) is 2.71. The fourth-order valence-electron chi connectivity index (χ4n) is 2.39. The first-order chi connectivity index (χ1) is 11.9. The molecule has 0 N–H and O–H groups in total. The predicted molar refractivity (Wildman–Crippen MR) is 107 cm³/mol. The number of carboxylic acids is 1. The minimum Gasteiger partial charge on any atom is -0.548 e. The number of thiocarbonyl (C=S) groups is 1. The molecule has 132 valence electrons. The molecule has 0 aliphatic carbocycles. The Morgan fingerprint density at radius 1 is 1.40 bits per heavy atom. The Bertz CT molecular complexity index is 728. The van der Waals surface area contributed by atoms with Crippen LogP contribution in [-0.4, -0.2) is 39.1 Å². The summed E-state index contributed by atoms with van der Waals surface area (Å²) < 4.78 is 0.263. The average Bonchev–Trinajstić information content (AvgIpc) is 2.83. The van der Waals surface area contributed by atoms with Gasteiger partial charge in [-0.1, -0.05) is 60.4 Å². The van der Waals surface area contributed by atoms with Gasteiger partial charge in [-0.3, -0.25) is 9.69 Å². The molecule has 0 spiro atoms. The smallest absolute Gasteiger partial charge is 0.266 e. The molecule has 25 heavy (non-hydrogen) atoms. The van der Waals surface area contributed by atoms with Gasteiger partial charge in [0, 0.05) is 0 Å². The van der Waals surface area contributed by atoms with Crippen LogP contribution in [0.4, 0.5) is 0 Å². The van der Waals surface area contributed by atoms with Crippen LogP contribution < -0.4 is 5.11 Å². The third-order valence-electron chi connectivity index (χ3n) is 3.56. The van der Waals surface area contributed by atoms with Crippen molar-refractivity contribution in [2.75, 3.05) is 12.0 Å². The number of benzene rings is 1. The largest absolute Gasteiger partial charge is 0.548 e. The highest BCUT2D eigenvalue weighted by atomic mass is 32.2. The number of hydrogen-bond acceptors (Lipinski definition) is 6. The number of nitrogens with zero attached hydrogens (tertiary/aromatic N) is 1. The SMILES string of the molecule is CSCC[C@@H](C(=O)[O-])N1C(=O)/C(=C/C(C)=C/c2ccccc2)SC1=S. The van der Waals surface area contributed by atoms with Gasteiger partial charge in [0.05, 0.1) is 16.9 Å². The van der Waals surface area contributed by atoms with E-state index in [4.69, 9.17) is 12.2 Å². The topological polar surface area (TPSA) is 60.4 Å². The maximum atomic E-state index is 12.6. The van der Waals surface area contributed by atoms with Crippen LogP contribution in [0.3, 0.4) is 0 Å². The van der Waals surface area contributed by atoms with E-state index in [2.05, 4.69) is 0 Å². The zero-order valence-electron chi connectivity index (χ0n) is 13.9. The standard InChI is InChI=1S/C18H19NO3S3/c1-12(10-13-6-4-3-5-7-13)11-15-16(20)19(18(23)25-15)14(17(21)22)8-9-24-2/h3-7,10-11,14H,8-9H2,1-2H3,(H,21,22)/p-1/b12-10+,15-11-/t14-/m0/s1. The summed E-state index contributed by atoms with van der Waals surface area (Å²) in [7, 11) is 0. The molecule has 1 aliphatic heterocycles. The molecule has 7 heteroatoms. The lowest BCUT2D eigenvalue weighted by atomic mass is 10.1. The van der Waals surface area contributed by atoms with E-state index in [0.717, 1.165) is 22.9 Å². The number of carbonyl (C=O) groups excluding carboxylic acids is 2. The first-order valence-electron chi connectivity index (χ1n) is 7.64. The van der Waals surface area contributed by atoms with Gasteiger partial charge in [-0.05, 0) is 42.6 Å². The number of amides is 1. The lowest BCUT2D eigenvalue weighted by Gasteiger charge is -2.27. The highest BCUT2D eigenvalue weighted by Crippen LogP contribution is 2.34. The number of allylic oxidation sites excluding steroid dienone is 2. The van der Waals surface area contributed by atoms with Gasteiger partial charge in [0.1, 0.15) is 4.32 Å². The molecule has 1 saturated heterocycles. The minimum atomic E-state index is -1.27. The molecule has 0 bridgehead atoms. The van der Waals surface area contributed by atoms with Gasteiger partial charge in [-0.15, -0.1) is 0 Å². The van der Waals surface area contributed by atoms with Gasteiger partial charge in [0.15, 0.2) is 0 Å². The number of thioether (sulfide) groups is 2.